The van der Waals surface area contributed by atoms with E-state index >= 15 is 0 Å². The van der Waals surface area contributed by atoms with E-state index in [1.807, 2.05) is 0 Å². The predicted molar refractivity (Wildman–Crippen MR) is 90.5 cm³/mol. The topological polar surface area (TPSA) is 64.0 Å². The Morgan fingerprint density at radius 1 is 1.21 bits per heavy atom. The fourth-order valence-electron chi connectivity index (χ4n) is 2.52. The van der Waals surface area contributed by atoms with E-state index in [1.165, 1.54) is 16.7 Å². The van der Waals surface area contributed by atoms with Gasteiger partial charge < -0.3 is 5.32 Å². The second-order valence-electron chi connectivity index (χ2n) is 5.60. The first-order chi connectivity index (χ1) is 11.5. The second-order valence-corrected chi connectivity index (χ2v) is 5.60. The molecule has 0 aliphatic rings. The van der Waals surface area contributed by atoms with Gasteiger partial charge in [-0.3, -0.25) is 14.2 Å². The number of anilines is 1. The van der Waals surface area contributed by atoms with Gasteiger partial charge in [-0.1, -0.05) is 18.2 Å². The van der Waals surface area contributed by atoms with Crippen molar-refractivity contribution in [1.29, 1.82) is 0 Å². The lowest BCUT2D eigenvalue weighted by molar-refractivity contribution is -0.116. The Labute approximate surface area is 137 Å². The van der Waals surface area contributed by atoms with Crippen LogP contribution in [-0.4, -0.2) is 15.5 Å². The molecular formula is C18H16FN3O2. The molecule has 0 unspecified atom stereocenters. The van der Waals surface area contributed by atoms with E-state index in [9.17, 15) is 14.0 Å². The molecule has 1 heterocycles. The molecule has 1 N–H and O–H groups in total. The van der Waals surface area contributed by atoms with Gasteiger partial charge in [0.1, 0.15) is 18.2 Å². The zero-order valence-electron chi connectivity index (χ0n) is 13.3. The smallest absolute Gasteiger partial charge is 0.261 e. The number of benzene rings is 2. The third-order valence-corrected chi connectivity index (χ3v) is 3.75. The molecule has 122 valence electrons. The number of amides is 1. The third-order valence-electron chi connectivity index (χ3n) is 3.75. The van der Waals surface area contributed by atoms with Crippen LogP contribution in [0.5, 0.6) is 0 Å². The summed E-state index contributed by atoms with van der Waals surface area (Å²) >= 11 is 0. The molecule has 0 radical (unpaired) electrons. The van der Waals surface area contributed by atoms with Gasteiger partial charge in [0.15, 0.2) is 0 Å². The van der Waals surface area contributed by atoms with Crippen molar-refractivity contribution in [3.8, 4) is 0 Å². The molecule has 1 amide bonds. The Morgan fingerprint density at radius 3 is 2.71 bits per heavy atom. The molecule has 3 aromatic rings. The molecule has 0 spiro atoms. The molecule has 0 aliphatic heterocycles. The molecule has 0 saturated carbocycles. The normalized spacial score (nSPS) is 10.8. The number of aryl methyl sites for hydroxylation is 2. The minimum Gasteiger partial charge on any atom is -0.322 e. The first kappa shape index (κ1) is 15.9. The maximum atomic E-state index is 13.8. The highest BCUT2D eigenvalue weighted by Crippen LogP contribution is 2.15. The largest absolute Gasteiger partial charge is 0.322 e. The summed E-state index contributed by atoms with van der Waals surface area (Å²) in [4.78, 5) is 29.0. The molecule has 0 bridgehead atoms. The highest BCUT2D eigenvalue weighted by atomic mass is 19.1. The average molecular weight is 325 g/mol. The monoisotopic (exact) mass is 325 g/mol. The standard InChI is InChI=1S/C18H16FN3O2/c1-11-7-8-16(14(19)9-11)21-17(23)10-22-12(2)20-15-6-4-3-5-13(15)18(22)24/h3-9H,10H2,1-2H3,(H,21,23). The molecule has 3 rings (SSSR count). The minimum atomic E-state index is -0.510. The molecule has 0 saturated heterocycles. The van der Waals surface area contributed by atoms with Crippen LogP contribution in [0.15, 0.2) is 47.3 Å². The van der Waals surface area contributed by atoms with Gasteiger partial charge in [-0.05, 0) is 43.7 Å². The van der Waals surface area contributed by atoms with E-state index in [0.717, 1.165) is 5.56 Å². The van der Waals surface area contributed by atoms with Gasteiger partial charge in [-0.15, -0.1) is 0 Å². The average Bonchev–Trinajstić information content (AvgIpc) is 2.54. The molecule has 0 fully saturated rings. The number of nitrogens with zero attached hydrogens (tertiary/aromatic N) is 2. The summed E-state index contributed by atoms with van der Waals surface area (Å²) in [6.45, 7) is 3.20. The van der Waals surface area contributed by atoms with Crippen molar-refractivity contribution in [2.24, 2.45) is 0 Å². The molecule has 24 heavy (non-hydrogen) atoms. The van der Waals surface area contributed by atoms with Crippen LogP contribution in [0.25, 0.3) is 10.9 Å². The Balaban J connectivity index is 1.89. The van der Waals surface area contributed by atoms with Gasteiger partial charge in [-0.2, -0.15) is 0 Å². The lowest BCUT2D eigenvalue weighted by Gasteiger charge is -2.11. The van der Waals surface area contributed by atoms with Crippen molar-refractivity contribution in [3.63, 3.8) is 0 Å². The number of halogens is 1. The van der Waals surface area contributed by atoms with E-state index in [0.29, 0.717) is 16.7 Å². The van der Waals surface area contributed by atoms with Crippen LogP contribution in [0.4, 0.5) is 10.1 Å². The van der Waals surface area contributed by atoms with Gasteiger partial charge >= 0.3 is 0 Å². The summed E-state index contributed by atoms with van der Waals surface area (Å²) in [7, 11) is 0. The van der Waals surface area contributed by atoms with E-state index < -0.39 is 11.7 Å². The number of fused-ring (bicyclic) bond motifs is 1. The van der Waals surface area contributed by atoms with Gasteiger partial charge in [-0.25, -0.2) is 9.37 Å². The van der Waals surface area contributed by atoms with Crippen molar-refractivity contribution < 1.29 is 9.18 Å². The van der Waals surface area contributed by atoms with Crippen LogP contribution < -0.4 is 10.9 Å². The van der Waals surface area contributed by atoms with E-state index in [2.05, 4.69) is 10.3 Å². The number of carbonyl (C=O) groups excluding carboxylic acids is 1. The van der Waals surface area contributed by atoms with Crippen molar-refractivity contribution in [2.45, 2.75) is 20.4 Å². The number of hydrogen-bond acceptors (Lipinski definition) is 3. The summed E-state index contributed by atoms with van der Waals surface area (Å²) in [5.74, 6) is -0.567. The van der Waals surface area contributed by atoms with Crippen molar-refractivity contribution in [2.75, 3.05) is 5.32 Å². The number of carbonyl (C=O) groups is 1. The highest BCUT2D eigenvalue weighted by Gasteiger charge is 2.13. The zero-order chi connectivity index (χ0) is 17.3. The van der Waals surface area contributed by atoms with Gasteiger partial charge in [0.2, 0.25) is 5.91 Å². The van der Waals surface area contributed by atoms with Crippen LogP contribution >= 0.6 is 0 Å². The summed E-state index contributed by atoms with van der Waals surface area (Å²) in [5.41, 5.74) is 1.14. The summed E-state index contributed by atoms with van der Waals surface area (Å²) in [6.07, 6.45) is 0. The Hall–Kier alpha value is -3.02. The zero-order valence-corrected chi connectivity index (χ0v) is 13.3. The maximum absolute atomic E-state index is 13.8. The second kappa shape index (κ2) is 6.23. The molecule has 0 aliphatic carbocycles. The number of hydrogen-bond donors (Lipinski definition) is 1. The van der Waals surface area contributed by atoms with Crippen LogP contribution in [0.3, 0.4) is 0 Å². The van der Waals surface area contributed by atoms with Crippen molar-refractivity contribution >= 4 is 22.5 Å². The minimum absolute atomic E-state index is 0.0880. The van der Waals surface area contributed by atoms with E-state index in [-0.39, 0.29) is 17.8 Å². The molecule has 5 nitrogen and oxygen atoms in total. The number of rotatable bonds is 3. The van der Waals surface area contributed by atoms with Crippen LogP contribution in [0, 0.1) is 19.7 Å². The quantitative estimate of drug-likeness (QED) is 0.805. The third kappa shape index (κ3) is 3.03. The molecule has 6 heteroatoms. The molecule has 1 aromatic heterocycles. The number of para-hydroxylation sites is 1. The summed E-state index contributed by atoms with van der Waals surface area (Å²) in [5, 5.41) is 2.93. The molecule has 2 aromatic carbocycles. The molecular weight excluding hydrogens is 309 g/mol. The fraction of sp³-hybridized carbons (Fsp3) is 0.167. The Morgan fingerprint density at radius 2 is 1.96 bits per heavy atom. The first-order valence-electron chi connectivity index (χ1n) is 7.48. The highest BCUT2D eigenvalue weighted by molar-refractivity contribution is 5.91. The lowest BCUT2D eigenvalue weighted by Crippen LogP contribution is -2.30. The van der Waals surface area contributed by atoms with E-state index in [4.69, 9.17) is 0 Å². The van der Waals surface area contributed by atoms with E-state index in [1.54, 1.807) is 44.2 Å². The van der Waals surface area contributed by atoms with Crippen LogP contribution in [-0.2, 0) is 11.3 Å². The fourth-order valence-corrected chi connectivity index (χ4v) is 2.52. The van der Waals surface area contributed by atoms with Gasteiger partial charge in [0, 0.05) is 0 Å². The summed E-state index contributed by atoms with van der Waals surface area (Å²) in [6, 6.07) is 11.5. The molecule has 0 atom stereocenters. The summed E-state index contributed by atoms with van der Waals surface area (Å²) < 4.78 is 15.1. The Kier molecular flexibility index (Phi) is 4.12. The van der Waals surface area contributed by atoms with Crippen LogP contribution in [0.2, 0.25) is 0 Å². The predicted octanol–water partition coefficient (Wildman–Crippen LogP) is 2.79. The van der Waals surface area contributed by atoms with Crippen molar-refractivity contribution in [1.82, 2.24) is 9.55 Å². The number of nitrogens with one attached hydrogen (secondary N) is 1. The SMILES string of the molecule is Cc1ccc(NC(=O)Cn2c(C)nc3ccccc3c2=O)c(F)c1. The van der Waals surface area contributed by atoms with Crippen LogP contribution in [0.1, 0.15) is 11.4 Å². The number of aromatic nitrogens is 2. The Bertz CT molecular complexity index is 995. The van der Waals surface area contributed by atoms with Gasteiger partial charge in [0.25, 0.3) is 5.56 Å². The first-order valence-corrected chi connectivity index (χ1v) is 7.48. The van der Waals surface area contributed by atoms with Crippen molar-refractivity contribution in [3.05, 3.63) is 70.0 Å². The maximum Gasteiger partial charge on any atom is 0.261 e. The van der Waals surface area contributed by atoms with Gasteiger partial charge in [0.05, 0.1) is 16.6 Å². The lowest BCUT2D eigenvalue weighted by atomic mass is 10.2.